The van der Waals surface area contributed by atoms with E-state index in [0.29, 0.717) is 18.5 Å². The summed E-state index contributed by atoms with van der Waals surface area (Å²) in [6.45, 7) is 5.07. The monoisotopic (exact) mass is 328 g/mol. The standard InChI is InChI=1S/C13H20N4O2S2/c1-3-14-8-11-9-15-16-13(11)21(18,19)17-10(2)7-12-5-4-6-20-12/h4-6,9-10,14,17H,3,7-8H2,1-2H3,(H,15,16). The number of nitrogens with zero attached hydrogens (tertiary/aromatic N) is 1. The molecule has 6 nitrogen and oxygen atoms in total. The van der Waals surface area contributed by atoms with Crippen molar-refractivity contribution >= 4 is 21.4 Å². The normalized spacial score (nSPS) is 13.4. The molecule has 0 saturated heterocycles. The van der Waals surface area contributed by atoms with Crippen LogP contribution < -0.4 is 10.0 Å². The van der Waals surface area contributed by atoms with Crippen LogP contribution >= 0.6 is 11.3 Å². The van der Waals surface area contributed by atoms with E-state index in [9.17, 15) is 8.42 Å². The first-order valence-electron chi connectivity index (χ1n) is 6.80. The maximum Gasteiger partial charge on any atom is 0.258 e. The van der Waals surface area contributed by atoms with Crippen LogP contribution in [-0.2, 0) is 23.0 Å². The molecule has 0 saturated carbocycles. The zero-order chi connectivity index (χ0) is 15.3. The molecule has 0 aromatic carbocycles. The Balaban J connectivity index is 2.05. The van der Waals surface area contributed by atoms with Crippen LogP contribution in [0.15, 0.2) is 28.7 Å². The zero-order valence-electron chi connectivity index (χ0n) is 12.1. The number of rotatable bonds is 8. The van der Waals surface area contributed by atoms with Gasteiger partial charge in [0.05, 0.1) is 6.20 Å². The van der Waals surface area contributed by atoms with Crippen molar-refractivity contribution in [2.24, 2.45) is 0 Å². The number of H-pyrrole nitrogens is 1. The highest BCUT2D eigenvalue weighted by atomic mass is 32.2. The molecule has 0 spiro atoms. The fourth-order valence-corrected chi connectivity index (χ4v) is 4.22. The topological polar surface area (TPSA) is 86.9 Å². The quantitative estimate of drug-likeness (QED) is 0.685. The molecule has 0 bridgehead atoms. The minimum Gasteiger partial charge on any atom is -0.313 e. The summed E-state index contributed by atoms with van der Waals surface area (Å²) in [4.78, 5) is 1.16. The minimum absolute atomic E-state index is 0.140. The summed E-state index contributed by atoms with van der Waals surface area (Å²) in [5.41, 5.74) is 0.646. The van der Waals surface area contributed by atoms with Crippen LogP contribution in [0, 0.1) is 0 Å². The van der Waals surface area contributed by atoms with E-state index in [-0.39, 0.29) is 11.1 Å². The second-order valence-electron chi connectivity index (χ2n) is 4.81. The van der Waals surface area contributed by atoms with Crippen molar-refractivity contribution in [3.8, 4) is 0 Å². The summed E-state index contributed by atoms with van der Waals surface area (Å²) in [7, 11) is -3.58. The lowest BCUT2D eigenvalue weighted by Crippen LogP contribution is -2.34. The van der Waals surface area contributed by atoms with Crippen LogP contribution in [0.2, 0.25) is 0 Å². The second-order valence-corrected chi connectivity index (χ2v) is 7.49. The van der Waals surface area contributed by atoms with Gasteiger partial charge in [0.25, 0.3) is 10.0 Å². The summed E-state index contributed by atoms with van der Waals surface area (Å²) in [5, 5.41) is 11.7. The van der Waals surface area contributed by atoms with Crippen molar-refractivity contribution in [3.63, 3.8) is 0 Å². The van der Waals surface area contributed by atoms with Crippen LogP contribution in [0.3, 0.4) is 0 Å². The van der Waals surface area contributed by atoms with E-state index in [1.807, 2.05) is 31.4 Å². The van der Waals surface area contributed by atoms with Gasteiger partial charge < -0.3 is 5.32 Å². The summed E-state index contributed by atoms with van der Waals surface area (Å²) < 4.78 is 27.5. The predicted octanol–water partition coefficient (Wildman–Crippen LogP) is 1.49. The van der Waals surface area contributed by atoms with E-state index in [0.717, 1.165) is 11.4 Å². The molecule has 3 N–H and O–H groups in total. The lowest BCUT2D eigenvalue weighted by atomic mass is 10.2. The molecule has 0 aliphatic rings. The smallest absolute Gasteiger partial charge is 0.258 e. The third-order valence-electron chi connectivity index (χ3n) is 2.96. The van der Waals surface area contributed by atoms with Gasteiger partial charge in [0.15, 0.2) is 5.03 Å². The summed E-state index contributed by atoms with van der Waals surface area (Å²) in [5.74, 6) is 0. The molecule has 0 aliphatic heterocycles. The molecule has 0 amide bonds. The lowest BCUT2D eigenvalue weighted by molar-refractivity contribution is 0.554. The van der Waals surface area contributed by atoms with Crippen molar-refractivity contribution < 1.29 is 8.42 Å². The summed E-state index contributed by atoms with van der Waals surface area (Å²) in [6, 6.07) is 3.79. The highest BCUT2D eigenvalue weighted by Crippen LogP contribution is 2.15. The Labute approximate surface area is 129 Å². The number of nitrogens with one attached hydrogen (secondary N) is 3. The van der Waals surface area contributed by atoms with Gasteiger partial charge in [-0.15, -0.1) is 11.3 Å². The molecule has 116 valence electrons. The molecule has 2 aromatic rings. The number of sulfonamides is 1. The average Bonchev–Trinajstić information content (AvgIpc) is 3.06. The Bertz CT molecular complexity index is 650. The highest BCUT2D eigenvalue weighted by molar-refractivity contribution is 7.89. The van der Waals surface area contributed by atoms with Gasteiger partial charge in [0.2, 0.25) is 0 Å². The molecule has 2 heterocycles. The van der Waals surface area contributed by atoms with Crippen molar-refractivity contribution in [1.82, 2.24) is 20.2 Å². The Morgan fingerprint density at radius 2 is 2.29 bits per heavy atom. The molecule has 0 aliphatic carbocycles. The predicted molar refractivity (Wildman–Crippen MR) is 83.8 cm³/mol. The first-order valence-corrected chi connectivity index (χ1v) is 9.17. The highest BCUT2D eigenvalue weighted by Gasteiger charge is 2.22. The number of hydrogen-bond acceptors (Lipinski definition) is 5. The van der Waals surface area contributed by atoms with E-state index >= 15 is 0 Å². The van der Waals surface area contributed by atoms with Crippen molar-refractivity contribution in [2.75, 3.05) is 6.54 Å². The van der Waals surface area contributed by atoms with Gasteiger partial charge in [0, 0.05) is 23.0 Å². The van der Waals surface area contributed by atoms with E-state index in [1.165, 1.54) is 0 Å². The Morgan fingerprint density at radius 3 is 2.95 bits per heavy atom. The second kappa shape index (κ2) is 7.17. The maximum atomic E-state index is 12.4. The van der Waals surface area contributed by atoms with Crippen LogP contribution in [0.1, 0.15) is 24.3 Å². The van der Waals surface area contributed by atoms with Crippen LogP contribution in [0.5, 0.6) is 0 Å². The molecule has 8 heteroatoms. The summed E-state index contributed by atoms with van der Waals surface area (Å²) in [6.07, 6.45) is 2.22. The number of hydrogen-bond donors (Lipinski definition) is 3. The number of aromatic nitrogens is 2. The first kappa shape index (κ1) is 16.2. The molecule has 1 atom stereocenters. The van der Waals surface area contributed by atoms with Crippen molar-refractivity contribution in [1.29, 1.82) is 0 Å². The van der Waals surface area contributed by atoms with Gasteiger partial charge in [-0.25, -0.2) is 13.1 Å². The number of aromatic amines is 1. The Morgan fingerprint density at radius 1 is 1.48 bits per heavy atom. The molecular weight excluding hydrogens is 308 g/mol. The molecule has 2 rings (SSSR count). The molecule has 0 fully saturated rings. The first-order chi connectivity index (χ1) is 10.0. The van der Waals surface area contributed by atoms with Gasteiger partial charge in [-0.2, -0.15) is 5.10 Å². The maximum absolute atomic E-state index is 12.4. The third kappa shape index (κ3) is 4.37. The van der Waals surface area contributed by atoms with Crippen LogP contribution in [0.25, 0.3) is 0 Å². The Hall–Kier alpha value is -1.22. The van der Waals surface area contributed by atoms with Crippen LogP contribution in [0.4, 0.5) is 0 Å². The molecule has 2 aromatic heterocycles. The van der Waals surface area contributed by atoms with Gasteiger partial charge >= 0.3 is 0 Å². The lowest BCUT2D eigenvalue weighted by Gasteiger charge is -2.13. The fourth-order valence-electron chi connectivity index (χ4n) is 2.01. The fraction of sp³-hybridized carbons (Fsp3) is 0.462. The average molecular weight is 328 g/mol. The van der Waals surface area contributed by atoms with Gasteiger partial charge in [-0.3, -0.25) is 5.10 Å². The third-order valence-corrected chi connectivity index (χ3v) is 5.46. The molecule has 0 radical (unpaired) electrons. The van der Waals surface area contributed by atoms with Gasteiger partial charge in [-0.1, -0.05) is 13.0 Å². The van der Waals surface area contributed by atoms with Crippen LogP contribution in [-0.4, -0.2) is 31.2 Å². The summed E-state index contributed by atoms with van der Waals surface area (Å²) >= 11 is 1.62. The molecular formula is C13H20N4O2S2. The van der Waals surface area contributed by atoms with Crippen molar-refractivity contribution in [2.45, 2.75) is 37.9 Å². The van der Waals surface area contributed by atoms with Gasteiger partial charge in [0.1, 0.15) is 0 Å². The van der Waals surface area contributed by atoms with E-state index in [4.69, 9.17) is 0 Å². The number of thiophene rings is 1. The minimum atomic E-state index is -3.58. The molecule has 1 unspecified atom stereocenters. The largest absolute Gasteiger partial charge is 0.313 e. The van der Waals surface area contributed by atoms with E-state index in [1.54, 1.807) is 17.5 Å². The zero-order valence-corrected chi connectivity index (χ0v) is 13.7. The van der Waals surface area contributed by atoms with Crippen molar-refractivity contribution in [3.05, 3.63) is 34.2 Å². The van der Waals surface area contributed by atoms with E-state index in [2.05, 4.69) is 20.2 Å². The van der Waals surface area contributed by atoms with E-state index < -0.39 is 10.0 Å². The van der Waals surface area contributed by atoms with Gasteiger partial charge in [-0.05, 0) is 31.3 Å². The Kier molecular flexibility index (Phi) is 5.51. The molecule has 21 heavy (non-hydrogen) atoms. The SMILES string of the molecule is CCNCc1cn[nH]c1S(=O)(=O)NC(C)Cc1cccs1.